The third kappa shape index (κ3) is 3.48. The number of likely N-dealkylation sites (tertiary alicyclic amines) is 1. The molecule has 4 heteroatoms. The molecular formula is C20H23N3O. The second kappa shape index (κ2) is 6.71. The fraction of sp³-hybridized carbons (Fsp3) is 0.450. The number of aromatic nitrogens is 2. The first kappa shape index (κ1) is 15.3. The number of piperidine rings is 1. The third-order valence-electron chi connectivity index (χ3n) is 5.17. The summed E-state index contributed by atoms with van der Waals surface area (Å²) < 4.78 is 0. The zero-order valence-electron chi connectivity index (χ0n) is 13.9. The quantitative estimate of drug-likeness (QED) is 0.866. The van der Waals surface area contributed by atoms with Gasteiger partial charge in [0.05, 0.1) is 5.69 Å². The highest BCUT2D eigenvalue weighted by Gasteiger charge is 2.27. The topological polar surface area (TPSA) is 46.1 Å². The molecule has 0 radical (unpaired) electrons. The largest absolute Gasteiger partial charge is 0.337 e. The van der Waals surface area contributed by atoms with Gasteiger partial charge in [0.1, 0.15) is 0 Å². The maximum atomic E-state index is 12.6. The maximum absolute atomic E-state index is 12.6. The molecule has 4 nitrogen and oxygen atoms in total. The second-order valence-corrected chi connectivity index (χ2v) is 7.04. The van der Waals surface area contributed by atoms with Crippen LogP contribution in [0.2, 0.25) is 0 Å². The molecular weight excluding hydrogens is 298 g/mol. The minimum Gasteiger partial charge on any atom is -0.337 e. The van der Waals surface area contributed by atoms with Crippen molar-refractivity contribution in [1.82, 2.24) is 15.1 Å². The fourth-order valence-corrected chi connectivity index (χ4v) is 3.50. The van der Waals surface area contributed by atoms with Gasteiger partial charge in [0.25, 0.3) is 5.91 Å². The van der Waals surface area contributed by atoms with Gasteiger partial charge in [-0.25, -0.2) is 0 Å². The zero-order valence-corrected chi connectivity index (χ0v) is 13.9. The number of nitrogens with zero attached hydrogens (tertiary/aromatic N) is 3. The van der Waals surface area contributed by atoms with Crippen LogP contribution >= 0.6 is 0 Å². The Balaban J connectivity index is 1.32. The predicted octanol–water partition coefficient (Wildman–Crippen LogP) is 3.45. The molecule has 1 saturated carbocycles. The van der Waals surface area contributed by atoms with E-state index in [2.05, 4.69) is 40.5 Å². The molecule has 124 valence electrons. The lowest BCUT2D eigenvalue weighted by molar-refractivity contribution is 0.0683. The molecule has 0 spiro atoms. The van der Waals surface area contributed by atoms with Crippen LogP contribution in [-0.4, -0.2) is 34.1 Å². The number of carbonyl (C=O) groups is 1. The number of carbonyl (C=O) groups excluding carboxylic acids is 1. The van der Waals surface area contributed by atoms with Gasteiger partial charge in [-0.2, -0.15) is 5.10 Å². The van der Waals surface area contributed by atoms with Crippen LogP contribution < -0.4 is 0 Å². The van der Waals surface area contributed by atoms with E-state index in [9.17, 15) is 4.79 Å². The predicted molar refractivity (Wildman–Crippen MR) is 92.8 cm³/mol. The number of benzene rings is 1. The Labute approximate surface area is 142 Å². The van der Waals surface area contributed by atoms with Gasteiger partial charge in [-0.15, -0.1) is 5.10 Å². The summed E-state index contributed by atoms with van der Waals surface area (Å²) in [5.41, 5.74) is 2.91. The van der Waals surface area contributed by atoms with Gasteiger partial charge in [0, 0.05) is 19.0 Å². The Morgan fingerprint density at radius 2 is 1.71 bits per heavy atom. The molecule has 1 aromatic carbocycles. The van der Waals surface area contributed by atoms with Gasteiger partial charge in [-0.1, -0.05) is 30.3 Å². The van der Waals surface area contributed by atoms with Crippen LogP contribution in [0, 0.1) is 5.92 Å². The normalized spacial score (nSPS) is 18.6. The van der Waals surface area contributed by atoms with Crippen LogP contribution in [0.4, 0.5) is 0 Å². The molecule has 2 aromatic rings. The molecule has 4 rings (SSSR count). The summed E-state index contributed by atoms with van der Waals surface area (Å²) in [4.78, 5) is 14.5. The van der Waals surface area contributed by atoms with Gasteiger partial charge in [0.2, 0.25) is 0 Å². The molecule has 1 amide bonds. The minimum atomic E-state index is 0.0306. The molecule has 1 saturated heterocycles. The van der Waals surface area contributed by atoms with E-state index in [1.165, 1.54) is 18.4 Å². The molecule has 0 atom stereocenters. The Hall–Kier alpha value is -2.23. The Kier molecular flexibility index (Phi) is 4.28. The van der Waals surface area contributed by atoms with Crippen molar-refractivity contribution < 1.29 is 4.79 Å². The van der Waals surface area contributed by atoms with Crippen LogP contribution in [0.3, 0.4) is 0 Å². The van der Waals surface area contributed by atoms with Crippen molar-refractivity contribution >= 4 is 5.91 Å². The van der Waals surface area contributed by atoms with Crippen LogP contribution in [0.15, 0.2) is 42.5 Å². The average molecular weight is 321 g/mol. The van der Waals surface area contributed by atoms with Crippen molar-refractivity contribution in [3.63, 3.8) is 0 Å². The number of amides is 1. The van der Waals surface area contributed by atoms with E-state index in [1.54, 1.807) is 0 Å². The number of rotatable bonds is 4. The first-order valence-electron chi connectivity index (χ1n) is 8.96. The Bertz CT molecular complexity index is 687. The molecule has 24 heavy (non-hydrogen) atoms. The first-order chi connectivity index (χ1) is 11.8. The third-order valence-corrected chi connectivity index (χ3v) is 5.17. The lowest BCUT2D eigenvalue weighted by Crippen LogP contribution is -2.39. The lowest BCUT2D eigenvalue weighted by Gasteiger charge is -2.31. The van der Waals surface area contributed by atoms with E-state index >= 15 is 0 Å². The average Bonchev–Trinajstić information content (AvgIpc) is 3.48. The SMILES string of the molecule is O=C(c1ccc(C2CC2)nn1)N1CCC(Cc2ccccc2)CC1. The standard InChI is InChI=1S/C20H23N3O/c24-20(19-9-8-18(21-22-19)17-6-7-17)23-12-10-16(11-13-23)14-15-4-2-1-3-5-15/h1-5,8-9,16-17H,6-7,10-14H2. The molecule has 0 unspecified atom stereocenters. The summed E-state index contributed by atoms with van der Waals surface area (Å²) >= 11 is 0. The van der Waals surface area contributed by atoms with Gasteiger partial charge in [-0.3, -0.25) is 4.79 Å². The van der Waals surface area contributed by atoms with Gasteiger partial charge < -0.3 is 4.90 Å². The van der Waals surface area contributed by atoms with Crippen LogP contribution in [-0.2, 0) is 6.42 Å². The van der Waals surface area contributed by atoms with Gasteiger partial charge >= 0.3 is 0 Å². The van der Waals surface area contributed by atoms with E-state index in [4.69, 9.17) is 0 Å². The molecule has 1 aliphatic heterocycles. The summed E-state index contributed by atoms with van der Waals surface area (Å²) in [6.45, 7) is 1.64. The molecule has 1 aliphatic carbocycles. The van der Waals surface area contributed by atoms with E-state index in [-0.39, 0.29) is 5.91 Å². The number of hydrogen-bond donors (Lipinski definition) is 0. The molecule has 0 N–H and O–H groups in total. The monoisotopic (exact) mass is 321 g/mol. The molecule has 2 aliphatic rings. The van der Waals surface area contributed by atoms with Gasteiger partial charge in [0.15, 0.2) is 5.69 Å². The smallest absolute Gasteiger partial charge is 0.274 e. The van der Waals surface area contributed by atoms with E-state index in [0.717, 1.165) is 38.0 Å². The van der Waals surface area contributed by atoms with Crippen molar-refractivity contribution in [3.05, 3.63) is 59.4 Å². The van der Waals surface area contributed by atoms with Crippen molar-refractivity contribution in [1.29, 1.82) is 0 Å². The molecule has 2 fully saturated rings. The highest BCUT2D eigenvalue weighted by Crippen LogP contribution is 2.38. The van der Waals surface area contributed by atoms with Crippen molar-refractivity contribution in [2.75, 3.05) is 13.1 Å². The summed E-state index contributed by atoms with van der Waals surface area (Å²) in [6.07, 6.45) is 5.65. The van der Waals surface area contributed by atoms with Crippen molar-refractivity contribution in [2.45, 2.75) is 38.0 Å². The van der Waals surface area contributed by atoms with Crippen LogP contribution in [0.1, 0.15) is 53.3 Å². The van der Waals surface area contributed by atoms with Crippen molar-refractivity contribution in [2.24, 2.45) is 5.92 Å². The van der Waals surface area contributed by atoms with Crippen molar-refractivity contribution in [3.8, 4) is 0 Å². The zero-order chi connectivity index (χ0) is 16.4. The summed E-state index contributed by atoms with van der Waals surface area (Å²) in [6, 6.07) is 14.4. The van der Waals surface area contributed by atoms with Crippen LogP contribution in [0.5, 0.6) is 0 Å². The summed E-state index contributed by atoms with van der Waals surface area (Å²) in [5, 5.41) is 8.39. The minimum absolute atomic E-state index is 0.0306. The molecule has 1 aromatic heterocycles. The fourth-order valence-electron chi connectivity index (χ4n) is 3.50. The first-order valence-corrected chi connectivity index (χ1v) is 8.96. The van der Waals surface area contributed by atoms with Crippen LogP contribution in [0.25, 0.3) is 0 Å². The maximum Gasteiger partial charge on any atom is 0.274 e. The summed E-state index contributed by atoms with van der Waals surface area (Å²) in [7, 11) is 0. The lowest BCUT2D eigenvalue weighted by atomic mass is 9.90. The summed E-state index contributed by atoms with van der Waals surface area (Å²) in [5.74, 6) is 1.28. The Morgan fingerprint density at radius 1 is 0.958 bits per heavy atom. The highest BCUT2D eigenvalue weighted by atomic mass is 16.2. The number of hydrogen-bond acceptors (Lipinski definition) is 3. The highest BCUT2D eigenvalue weighted by molar-refractivity contribution is 5.92. The molecule has 0 bridgehead atoms. The second-order valence-electron chi connectivity index (χ2n) is 7.04. The van der Waals surface area contributed by atoms with E-state index < -0.39 is 0 Å². The Morgan fingerprint density at radius 3 is 2.33 bits per heavy atom. The molecule has 2 heterocycles. The van der Waals surface area contributed by atoms with Gasteiger partial charge in [-0.05, 0) is 55.7 Å². The van der Waals surface area contributed by atoms with E-state index in [1.807, 2.05) is 17.0 Å². The van der Waals surface area contributed by atoms with E-state index in [0.29, 0.717) is 17.5 Å².